The maximum absolute atomic E-state index is 2.65. The first-order chi connectivity index (χ1) is 18.3. The topological polar surface area (TPSA) is 0 Å². The van der Waals surface area contributed by atoms with Gasteiger partial charge in [-0.05, 0) is 171 Å². The van der Waals surface area contributed by atoms with Crippen LogP contribution in [0.4, 0.5) is 0 Å². The van der Waals surface area contributed by atoms with Crippen molar-refractivity contribution in [2.75, 3.05) is 0 Å². The maximum atomic E-state index is 2.65. The normalized spacial score (nSPS) is 44.2. The van der Waals surface area contributed by atoms with Gasteiger partial charge < -0.3 is 0 Å². The molecule has 0 spiro atoms. The third kappa shape index (κ3) is 3.22. The van der Waals surface area contributed by atoms with Crippen LogP contribution in [0.5, 0.6) is 0 Å². The number of rotatable bonds is 5. The van der Waals surface area contributed by atoms with Crippen LogP contribution in [0.25, 0.3) is 0 Å². The Balaban J connectivity index is 1.26. The van der Waals surface area contributed by atoms with Gasteiger partial charge in [-0.25, -0.2) is 0 Å². The van der Waals surface area contributed by atoms with Crippen molar-refractivity contribution < 1.29 is 0 Å². The van der Waals surface area contributed by atoms with Crippen molar-refractivity contribution in [3.8, 4) is 0 Å². The van der Waals surface area contributed by atoms with Crippen LogP contribution in [0.3, 0.4) is 0 Å². The van der Waals surface area contributed by atoms with Gasteiger partial charge in [0.05, 0.1) is 0 Å². The second kappa shape index (κ2) is 8.01. The van der Waals surface area contributed by atoms with Gasteiger partial charge in [0.15, 0.2) is 0 Å². The first-order valence-corrected chi connectivity index (χ1v) is 16.5. The average Bonchev–Trinajstić information content (AvgIpc) is 2.87. The molecule has 2 aromatic rings. The molecule has 0 aliphatic heterocycles. The van der Waals surface area contributed by atoms with Crippen LogP contribution >= 0.6 is 0 Å². The van der Waals surface area contributed by atoms with E-state index in [1.807, 2.05) is 0 Å². The maximum Gasteiger partial charge on any atom is -0.00334 e. The van der Waals surface area contributed by atoms with E-state index in [-0.39, 0.29) is 0 Å². The van der Waals surface area contributed by atoms with Crippen LogP contribution < -0.4 is 0 Å². The Morgan fingerprint density at radius 1 is 0.553 bits per heavy atom. The molecule has 0 heterocycles. The Morgan fingerprint density at radius 3 is 1.26 bits per heavy atom. The van der Waals surface area contributed by atoms with Gasteiger partial charge in [0, 0.05) is 0 Å². The van der Waals surface area contributed by atoms with E-state index in [2.05, 4.69) is 64.1 Å². The minimum absolute atomic E-state index is 0.468. The third-order valence-electron chi connectivity index (χ3n) is 13.7. The Bertz CT molecular complexity index is 1150. The average molecular weight is 507 g/mol. The number of hydrogen-bond acceptors (Lipinski definition) is 0. The van der Waals surface area contributed by atoms with E-state index in [1.165, 1.54) is 62.5 Å². The lowest BCUT2D eigenvalue weighted by Crippen LogP contribution is -2.66. The van der Waals surface area contributed by atoms with Crippen molar-refractivity contribution in [1.82, 2.24) is 0 Å². The molecular formula is C38H50. The van der Waals surface area contributed by atoms with Crippen LogP contribution in [-0.2, 0) is 23.7 Å². The lowest BCUT2D eigenvalue weighted by molar-refractivity contribution is -0.212. The fourth-order valence-electron chi connectivity index (χ4n) is 13.4. The summed E-state index contributed by atoms with van der Waals surface area (Å²) in [4.78, 5) is 0. The zero-order valence-corrected chi connectivity index (χ0v) is 24.7. The Hall–Kier alpha value is -1.56. The predicted molar refractivity (Wildman–Crippen MR) is 159 cm³/mol. The predicted octanol–water partition coefficient (Wildman–Crippen LogP) is 9.80. The molecule has 8 saturated carbocycles. The highest BCUT2D eigenvalue weighted by atomic mass is 14.7. The standard InChI is InChI=1S/C38H50/c1-5-31-9-7-25(3)11-33(31)35-15-27-13-28(16-35)20-37(19-27,23-35)38-21-29-14-30(22-38)18-36(17-29,24-38)34-12-26(4)8-10-32(34)6-2/h7-12,27-30H,5-6,13-24H2,1-4H3. The van der Waals surface area contributed by atoms with E-state index in [9.17, 15) is 0 Å². The van der Waals surface area contributed by atoms with E-state index >= 15 is 0 Å². The third-order valence-corrected chi connectivity index (χ3v) is 13.7. The molecule has 8 aliphatic rings. The van der Waals surface area contributed by atoms with Gasteiger partial charge in [-0.2, -0.15) is 0 Å². The Morgan fingerprint density at radius 2 is 0.921 bits per heavy atom. The summed E-state index contributed by atoms with van der Waals surface area (Å²) in [5, 5.41) is 0. The number of hydrogen-bond donors (Lipinski definition) is 0. The fraction of sp³-hybridized carbons (Fsp3) is 0.684. The summed E-state index contributed by atoms with van der Waals surface area (Å²) >= 11 is 0. The zero-order chi connectivity index (χ0) is 25.9. The van der Waals surface area contributed by atoms with Crippen molar-refractivity contribution in [2.24, 2.45) is 34.5 Å². The first-order valence-electron chi connectivity index (χ1n) is 16.5. The van der Waals surface area contributed by atoms with Gasteiger partial charge >= 0.3 is 0 Å². The molecule has 8 aliphatic carbocycles. The molecular weight excluding hydrogens is 456 g/mol. The molecule has 0 N–H and O–H groups in total. The summed E-state index contributed by atoms with van der Waals surface area (Å²) < 4.78 is 0. The lowest BCUT2D eigenvalue weighted by Gasteiger charge is -2.74. The highest BCUT2D eigenvalue weighted by molar-refractivity contribution is 5.43. The van der Waals surface area contributed by atoms with Gasteiger partial charge in [-0.1, -0.05) is 61.4 Å². The van der Waals surface area contributed by atoms with Gasteiger partial charge in [0.25, 0.3) is 0 Å². The second-order valence-corrected chi connectivity index (χ2v) is 16.1. The molecule has 8 bridgehead atoms. The van der Waals surface area contributed by atoms with E-state index in [0.29, 0.717) is 21.7 Å². The molecule has 202 valence electrons. The van der Waals surface area contributed by atoms with Crippen molar-refractivity contribution in [3.05, 3.63) is 69.8 Å². The molecule has 0 amide bonds. The molecule has 0 aromatic heterocycles. The zero-order valence-electron chi connectivity index (χ0n) is 24.7. The Labute approximate surface area is 232 Å². The minimum Gasteiger partial charge on any atom is -0.0613 e. The van der Waals surface area contributed by atoms with Crippen molar-refractivity contribution in [2.45, 2.75) is 128 Å². The van der Waals surface area contributed by atoms with Crippen LogP contribution in [0.15, 0.2) is 36.4 Å². The quantitative estimate of drug-likeness (QED) is 0.378. The SMILES string of the molecule is CCc1ccc(C)cc1C12CC3CC(C1)CC(C14CC5CC(CC(c6cc(C)ccc6CC)(C5)C1)C4)(C3)C2. The van der Waals surface area contributed by atoms with Gasteiger partial charge in [0.2, 0.25) is 0 Å². The van der Waals surface area contributed by atoms with Gasteiger partial charge in [-0.3, -0.25) is 0 Å². The molecule has 0 heteroatoms. The summed E-state index contributed by atoms with van der Waals surface area (Å²) in [6.07, 6.45) is 20.8. The van der Waals surface area contributed by atoms with Gasteiger partial charge in [-0.15, -0.1) is 0 Å². The van der Waals surface area contributed by atoms with E-state index in [0.717, 1.165) is 23.7 Å². The highest BCUT2D eigenvalue weighted by Crippen LogP contribution is 2.79. The lowest BCUT2D eigenvalue weighted by atomic mass is 9.30. The molecule has 4 unspecified atom stereocenters. The molecule has 0 saturated heterocycles. The fourth-order valence-corrected chi connectivity index (χ4v) is 13.4. The van der Waals surface area contributed by atoms with E-state index < -0.39 is 0 Å². The molecule has 0 radical (unpaired) electrons. The smallest absolute Gasteiger partial charge is 0.00334 e. The first kappa shape index (κ1) is 24.3. The van der Waals surface area contributed by atoms with E-state index in [1.54, 1.807) is 60.8 Å². The summed E-state index contributed by atoms with van der Waals surface area (Å²) in [5.74, 6) is 3.93. The second-order valence-electron chi connectivity index (χ2n) is 16.1. The molecule has 4 atom stereocenters. The van der Waals surface area contributed by atoms with Crippen LogP contribution in [0.1, 0.15) is 124 Å². The monoisotopic (exact) mass is 506 g/mol. The van der Waals surface area contributed by atoms with Crippen LogP contribution in [0.2, 0.25) is 0 Å². The molecule has 10 rings (SSSR count). The van der Waals surface area contributed by atoms with Crippen LogP contribution in [-0.4, -0.2) is 0 Å². The van der Waals surface area contributed by atoms with Crippen LogP contribution in [0, 0.1) is 48.3 Å². The summed E-state index contributed by atoms with van der Waals surface area (Å²) in [6.45, 7) is 9.49. The molecule has 0 nitrogen and oxygen atoms in total. The van der Waals surface area contributed by atoms with Crippen molar-refractivity contribution >= 4 is 0 Å². The van der Waals surface area contributed by atoms with Crippen molar-refractivity contribution in [1.29, 1.82) is 0 Å². The Kier molecular flexibility index (Phi) is 5.11. The molecule has 38 heavy (non-hydrogen) atoms. The molecule has 2 aromatic carbocycles. The summed E-state index contributed by atoms with van der Waals surface area (Å²) in [6, 6.07) is 15.1. The number of benzene rings is 2. The van der Waals surface area contributed by atoms with Crippen molar-refractivity contribution in [3.63, 3.8) is 0 Å². The van der Waals surface area contributed by atoms with E-state index in [4.69, 9.17) is 0 Å². The largest absolute Gasteiger partial charge is 0.0613 e. The summed E-state index contributed by atoms with van der Waals surface area (Å²) in [7, 11) is 0. The summed E-state index contributed by atoms with van der Waals surface area (Å²) in [5.41, 5.74) is 12.0. The highest BCUT2D eigenvalue weighted by Gasteiger charge is 2.70. The number of aryl methyl sites for hydroxylation is 4. The molecule has 8 fully saturated rings. The van der Waals surface area contributed by atoms with Gasteiger partial charge in [0.1, 0.15) is 0 Å². The minimum atomic E-state index is 0.468.